The van der Waals surface area contributed by atoms with E-state index in [2.05, 4.69) is 15.3 Å². The molecule has 1 saturated heterocycles. The van der Waals surface area contributed by atoms with E-state index in [0.717, 1.165) is 11.3 Å². The molecule has 1 aromatic heterocycles. The summed E-state index contributed by atoms with van der Waals surface area (Å²) in [4.78, 5) is 29.6. The topological polar surface area (TPSA) is 88.9 Å². The van der Waals surface area contributed by atoms with Crippen molar-refractivity contribution in [1.29, 1.82) is 0 Å². The molecular formula is C25H26ClN5O4. The summed E-state index contributed by atoms with van der Waals surface area (Å²) in [5.74, 6) is 1.37. The van der Waals surface area contributed by atoms with E-state index in [1.807, 2.05) is 60.4 Å². The number of fused-ring (bicyclic) bond motifs is 1. The number of nitrogens with zero attached hydrogens (tertiary/aromatic N) is 4. The Labute approximate surface area is 207 Å². The highest BCUT2D eigenvalue weighted by Gasteiger charge is 2.24. The van der Waals surface area contributed by atoms with Crippen LogP contribution in [0.2, 0.25) is 5.02 Å². The first-order valence-corrected chi connectivity index (χ1v) is 11.9. The molecule has 2 aliphatic rings. The molecule has 9 nitrogen and oxygen atoms in total. The van der Waals surface area contributed by atoms with E-state index < -0.39 is 0 Å². The Balaban J connectivity index is 1.16. The van der Waals surface area contributed by atoms with E-state index >= 15 is 0 Å². The van der Waals surface area contributed by atoms with Gasteiger partial charge in [-0.25, -0.2) is 0 Å². The fourth-order valence-electron chi connectivity index (χ4n) is 4.30. The van der Waals surface area contributed by atoms with Crippen LogP contribution in [0.3, 0.4) is 0 Å². The molecule has 1 fully saturated rings. The number of piperazine rings is 1. The molecule has 1 amide bonds. The number of aromatic nitrogens is 2. The molecule has 1 atom stereocenters. The first kappa shape index (κ1) is 23.2. The molecule has 182 valence electrons. The number of hydrogen-bond acceptors (Lipinski definition) is 7. The van der Waals surface area contributed by atoms with Gasteiger partial charge < -0.3 is 19.7 Å². The van der Waals surface area contributed by atoms with Crippen molar-refractivity contribution in [2.24, 2.45) is 0 Å². The predicted molar refractivity (Wildman–Crippen MR) is 133 cm³/mol. The summed E-state index contributed by atoms with van der Waals surface area (Å²) in [5, 5.41) is 7.51. The lowest BCUT2D eigenvalue weighted by molar-refractivity contribution is -0.123. The Morgan fingerprint density at radius 1 is 1.09 bits per heavy atom. The van der Waals surface area contributed by atoms with Gasteiger partial charge in [0.25, 0.3) is 5.56 Å². The highest BCUT2D eigenvalue weighted by molar-refractivity contribution is 6.33. The van der Waals surface area contributed by atoms with Crippen LogP contribution in [0.25, 0.3) is 5.69 Å². The second-order valence-corrected chi connectivity index (χ2v) is 8.94. The van der Waals surface area contributed by atoms with Crippen LogP contribution in [0.1, 0.15) is 18.5 Å². The van der Waals surface area contributed by atoms with Gasteiger partial charge >= 0.3 is 0 Å². The van der Waals surface area contributed by atoms with Crippen LogP contribution in [-0.4, -0.2) is 60.1 Å². The van der Waals surface area contributed by atoms with Gasteiger partial charge in [-0.15, -0.1) is 0 Å². The average Bonchev–Trinajstić information content (AvgIpc) is 3.35. The highest BCUT2D eigenvalue weighted by atomic mass is 35.5. The van der Waals surface area contributed by atoms with Gasteiger partial charge in [0.2, 0.25) is 12.7 Å². The number of rotatable bonds is 6. The molecule has 0 bridgehead atoms. The summed E-state index contributed by atoms with van der Waals surface area (Å²) in [6.45, 7) is 5.08. The highest BCUT2D eigenvalue weighted by Crippen LogP contribution is 2.34. The fourth-order valence-corrected chi connectivity index (χ4v) is 4.55. The van der Waals surface area contributed by atoms with Gasteiger partial charge in [-0.05, 0) is 36.8 Å². The fraction of sp³-hybridized carbons (Fsp3) is 0.320. The summed E-state index contributed by atoms with van der Waals surface area (Å²) in [7, 11) is 0. The summed E-state index contributed by atoms with van der Waals surface area (Å²) in [6, 6.07) is 14.7. The van der Waals surface area contributed by atoms with Gasteiger partial charge in [-0.1, -0.05) is 35.9 Å². The first-order chi connectivity index (χ1) is 17.0. The third-order valence-corrected chi connectivity index (χ3v) is 6.61. The Morgan fingerprint density at radius 2 is 1.83 bits per heavy atom. The van der Waals surface area contributed by atoms with Crippen molar-refractivity contribution in [1.82, 2.24) is 20.0 Å². The zero-order chi connectivity index (χ0) is 24.4. The first-order valence-electron chi connectivity index (χ1n) is 11.5. The van der Waals surface area contributed by atoms with Gasteiger partial charge in [0.15, 0.2) is 11.5 Å². The third-order valence-electron chi connectivity index (χ3n) is 6.26. The largest absolute Gasteiger partial charge is 0.454 e. The van der Waals surface area contributed by atoms with Crippen molar-refractivity contribution in [3.8, 4) is 17.2 Å². The number of ether oxygens (including phenoxy) is 2. The maximum absolute atomic E-state index is 12.8. The monoisotopic (exact) mass is 495 g/mol. The number of amides is 1. The molecule has 3 aromatic rings. The Kier molecular flexibility index (Phi) is 6.61. The van der Waals surface area contributed by atoms with E-state index in [1.165, 1.54) is 4.68 Å². The molecule has 2 aliphatic heterocycles. The molecule has 5 rings (SSSR count). The lowest BCUT2D eigenvalue weighted by Gasteiger charge is -2.36. The Hall–Kier alpha value is -3.56. The molecule has 0 spiro atoms. The van der Waals surface area contributed by atoms with Crippen molar-refractivity contribution in [2.75, 3.05) is 44.4 Å². The van der Waals surface area contributed by atoms with E-state index in [1.54, 1.807) is 6.20 Å². The number of nitrogens with one attached hydrogen (secondary N) is 1. The van der Waals surface area contributed by atoms with E-state index in [-0.39, 0.29) is 29.3 Å². The van der Waals surface area contributed by atoms with E-state index in [9.17, 15) is 9.59 Å². The van der Waals surface area contributed by atoms with Crippen LogP contribution in [-0.2, 0) is 4.79 Å². The summed E-state index contributed by atoms with van der Waals surface area (Å²) in [6.07, 6.45) is 1.63. The average molecular weight is 496 g/mol. The molecule has 10 heteroatoms. The number of benzene rings is 2. The smallest absolute Gasteiger partial charge is 0.292 e. The second-order valence-electron chi connectivity index (χ2n) is 8.56. The van der Waals surface area contributed by atoms with Gasteiger partial charge in [0.05, 0.1) is 30.2 Å². The molecule has 1 N–H and O–H groups in total. The van der Waals surface area contributed by atoms with Gasteiger partial charge in [0.1, 0.15) is 5.02 Å². The number of carbonyl (C=O) groups excluding carboxylic acids is 1. The van der Waals surface area contributed by atoms with Crippen molar-refractivity contribution < 1.29 is 14.3 Å². The number of halogens is 1. The molecule has 0 aliphatic carbocycles. The zero-order valence-electron chi connectivity index (χ0n) is 19.3. The number of carbonyl (C=O) groups is 1. The van der Waals surface area contributed by atoms with E-state index in [4.69, 9.17) is 21.1 Å². The second kappa shape index (κ2) is 9.97. The Bertz CT molecular complexity index is 1270. The van der Waals surface area contributed by atoms with E-state index in [0.29, 0.717) is 49.8 Å². The minimum Gasteiger partial charge on any atom is -0.454 e. The number of para-hydroxylation sites is 1. The van der Waals surface area contributed by atoms with Crippen LogP contribution >= 0.6 is 11.6 Å². The lowest BCUT2D eigenvalue weighted by atomic mass is 10.1. The van der Waals surface area contributed by atoms with Crippen LogP contribution in [0.4, 0.5) is 5.69 Å². The minimum atomic E-state index is -0.352. The van der Waals surface area contributed by atoms with Crippen LogP contribution < -0.4 is 25.2 Å². The molecule has 2 aromatic carbocycles. The maximum Gasteiger partial charge on any atom is 0.292 e. The third kappa shape index (κ3) is 4.96. The minimum absolute atomic E-state index is 0.0474. The van der Waals surface area contributed by atoms with Crippen molar-refractivity contribution >= 4 is 23.2 Å². The van der Waals surface area contributed by atoms with Crippen molar-refractivity contribution in [3.63, 3.8) is 0 Å². The molecular weight excluding hydrogens is 470 g/mol. The molecule has 0 unspecified atom stereocenters. The predicted octanol–water partition coefficient (Wildman–Crippen LogP) is 2.61. The van der Waals surface area contributed by atoms with Crippen molar-refractivity contribution in [2.45, 2.75) is 13.0 Å². The van der Waals surface area contributed by atoms with Gasteiger partial charge in [-0.2, -0.15) is 9.78 Å². The zero-order valence-corrected chi connectivity index (χ0v) is 20.1. The maximum atomic E-state index is 12.8. The normalized spacial score (nSPS) is 16.2. The quantitative estimate of drug-likeness (QED) is 0.562. The standard InChI is InChI=1S/C25H26ClN5O4/c1-17(18-7-8-21-22(13-18)35-16-34-21)28-23(32)15-29-9-11-30(12-10-29)20-14-27-31(25(33)24(20)26)19-5-3-2-4-6-19/h2-8,13-14,17H,9-12,15-16H2,1H3,(H,28,32)/t17-/m0/s1. The molecule has 0 radical (unpaired) electrons. The summed E-state index contributed by atoms with van der Waals surface area (Å²) < 4.78 is 12.1. The van der Waals surface area contributed by atoms with Crippen molar-refractivity contribution in [3.05, 3.63) is 75.7 Å². The number of hydrogen-bond donors (Lipinski definition) is 1. The summed E-state index contributed by atoms with van der Waals surface area (Å²) >= 11 is 6.44. The van der Waals surface area contributed by atoms with Gasteiger partial charge in [0, 0.05) is 26.2 Å². The molecule has 0 saturated carbocycles. The SMILES string of the molecule is C[C@H](NC(=O)CN1CCN(c2cnn(-c3ccccc3)c(=O)c2Cl)CC1)c1ccc2c(c1)OCO2. The van der Waals surface area contributed by atoms with Crippen LogP contribution in [0.5, 0.6) is 11.5 Å². The number of anilines is 1. The lowest BCUT2D eigenvalue weighted by Crippen LogP contribution is -2.50. The van der Waals surface area contributed by atoms with Crippen LogP contribution in [0.15, 0.2) is 59.5 Å². The van der Waals surface area contributed by atoms with Crippen LogP contribution in [0, 0.1) is 0 Å². The van der Waals surface area contributed by atoms with Gasteiger partial charge in [-0.3, -0.25) is 14.5 Å². The molecule has 3 heterocycles. The summed E-state index contributed by atoms with van der Waals surface area (Å²) in [5.41, 5.74) is 1.88. The Morgan fingerprint density at radius 3 is 2.60 bits per heavy atom. The molecule has 35 heavy (non-hydrogen) atoms.